The topological polar surface area (TPSA) is 40.5 Å². The van der Waals surface area contributed by atoms with E-state index in [1.165, 1.54) is 0 Å². The van der Waals surface area contributed by atoms with Crippen molar-refractivity contribution in [2.24, 2.45) is 5.92 Å². The molecule has 1 unspecified atom stereocenters. The molecule has 0 spiro atoms. The van der Waals surface area contributed by atoms with E-state index in [2.05, 4.69) is 18.7 Å². The van der Waals surface area contributed by atoms with Gasteiger partial charge in [0.25, 0.3) is 0 Å². The molecular weight excluding hydrogens is 302 g/mol. The summed E-state index contributed by atoms with van der Waals surface area (Å²) in [6.45, 7) is 7.51. The number of aromatic hydroxyl groups is 1. The van der Waals surface area contributed by atoms with Crippen LogP contribution in [0, 0.1) is 5.92 Å². The maximum absolute atomic E-state index is 11.8. The third kappa shape index (κ3) is 5.67. The van der Waals surface area contributed by atoms with Gasteiger partial charge in [0.1, 0.15) is 15.9 Å². The summed E-state index contributed by atoms with van der Waals surface area (Å²) in [6, 6.07) is 7.17. The van der Waals surface area contributed by atoms with Crippen molar-refractivity contribution in [2.45, 2.75) is 27.2 Å². The standard InChI is InChI=1S/C16H23NO2S2/c1-4-17(5-2)16(20)21-11-14(12(3)18)10-13-8-6-7-9-15(13)19/h6-9,14,19H,4-5,10-11H2,1-3H3. The number of hydrogen-bond donors (Lipinski definition) is 1. The Balaban J connectivity index is 2.65. The van der Waals surface area contributed by atoms with Gasteiger partial charge in [-0.3, -0.25) is 4.79 Å². The highest BCUT2D eigenvalue weighted by atomic mass is 32.2. The summed E-state index contributed by atoms with van der Waals surface area (Å²) in [4.78, 5) is 13.9. The maximum atomic E-state index is 11.8. The number of carbonyl (C=O) groups excluding carboxylic acids is 1. The zero-order valence-electron chi connectivity index (χ0n) is 12.8. The quantitative estimate of drug-likeness (QED) is 0.777. The molecule has 0 radical (unpaired) electrons. The summed E-state index contributed by atoms with van der Waals surface area (Å²) in [6.07, 6.45) is 0.551. The molecular formula is C16H23NO2S2. The van der Waals surface area contributed by atoms with E-state index in [0.29, 0.717) is 12.2 Å². The maximum Gasteiger partial charge on any atom is 0.136 e. The lowest BCUT2D eigenvalue weighted by Gasteiger charge is -2.22. The number of rotatable bonds is 7. The fourth-order valence-electron chi connectivity index (χ4n) is 2.01. The van der Waals surface area contributed by atoms with Gasteiger partial charge in [0.2, 0.25) is 0 Å². The van der Waals surface area contributed by atoms with Gasteiger partial charge in [0, 0.05) is 24.8 Å². The van der Waals surface area contributed by atoms with Crippen molar-refractivity contribution in [1.82, 2.24) is 4.90 Å². The minimum atomic E-state index is -0.128. The van der Waals surface area contributed by atoms with E-state index in [4.69, 9.17) is 12.2 Å². The predicted molar refractivity (Wildman–Crippen MR) is 94.0 cm³/mol. The Kier molecular flexibility index (Phi) is 7.75. The Morgan fingerprint density at radius 2 is 1.95 bits per heavy atom. The number of para-hydroxylation sites is 1. The first-order valence-electron chi connectivity index (χ1n) is 7.18. The van der Waals surface area contributed by atoms with Crippen molar-refractivity contribution in [3.63, 3.8) is 0 Å². The van der Waals surface area contributed by atoms with Crippen LogP contribution in [0.25, 0.3) is 0 Å². The van der Waals surface area contributed by atoms with E-state index in [-0.39, 0.29) is 17.5 Å². The number of thioether (sulfide) groups is 1. The van der Waals surface area contributed by atoms with Gasteiger partial charge in [0.05, 0.1) is 0 Å². The summed E-state index contributed by atoms with van der Waals surface area (Å²) in [5, 5.41) is 9.83. The normalized spacial score (nSPS) is 12.0. The van der Waals surface area contributed by atoms with Crippen LogP contribution in [0.3, 0.4) is 0 Å². The van der Waals surface area contributed by atoms with Crippen LogP contribution < -0.4 is 0 Å². The van der Waals surface area contributed by atoms with E-state index in [1.54, 1.807) is 30.8 Å². The van der Waals surface area contributed by atoms with Crippen molar-refractivity contribution < 1.29 is 9.90 Å². The molecule has 1 aromatic carbocycles. The predicted octanol–water partition coefficient (Wildman–Crippen LogP) is 3.50. The highest BCUT2D eigenvalue weighted by Gasteiger charge is 2.18. The molecule has 116 valence electrons. The summed E-state index contributed by atoms with van der Waals surface area (Å²) in [5.74, 6) is 0.906. The summed E-state index contributed by atoms with van der Waals surface area (Å²) >= 11 is 6.95. The van der Waals surface area contributed by atoms with Gasteiger partial charge >= 0.3 is 0 Å². The van der Waals surface area contributed by atoms with Gasteiger partial charge in [-0.15, -0.1) is 0 Å². The average molecular weight is 325 g/mol. The highest BCUT2D eigenvalue weighted by Crippen LogP contribution is 2.23. The zero-order valence-corrected chi connectivity index (χ0v) is 14.5. The second kappa shape index (κ2) is 9.05. The average Bonchev–Trinajstić information content (AvgIpc) is 2.46. The van der Waals surface area contributed by atoms with Crippen molar-refractivity contribution in [1.29, 1.82) is 0 Å². The molecule has 1 rings (SSSR count). The number of hydrogen-bond acceptors (Lipinski definition) is 4. The molecule has 0 aromatic heterocycles. The Morgan fingerprint density at radius 3 is 2.48 bits per heavy atom. The zero-order chi connectivity index (χ0) is 15.8. The molecule has 1 aromatic rings. The molecule has 0 aliphatic carbocycles. The third-order valence-electron chi connectivity index (χ3n) is 3.46. The molecule has 0 aliphatic heterocycles. The van der Waals surface area contributed by atoms with Crippen molar-refractivity contribution in [3.05, 3.63) is 29.8 Å². The Morgan fingerprint density at radius 1 is 1.33 bits per heavy atom. The number of thiocarbonyl (C=S) groups is 1. The Hall–Kier alpha value is -1.07. The molecule has 0 fully saturated rings. The monoisotopic (exact) mass is 325 g/mol. The van der Waals surface area contributed by atoms with Crippen molar-refractivity contribution >= 4 is 34.1 Å². The molecule has 21 heavy (non-hydrogen) atoms. The van der Waals surface area contributed by atoms with Crippen molar-refractivity contribution in [2.75, 3.05) is 18.8 Å². The van der Waals surface area contributed by atoms with Gasteiger partial charge in [0.15, 0.2) is 0 Å². The van der Waals surface area contributed by atoms with E-state index < -0.39 is 0 Å². The lowest BCUT2D eigenvalue weighted by atomic mass is 9.97. The first-order valence-corrected chi connectivity index (χ1v) is 8.57. The largest absolute Gasteiger partial charge is 0.508 e. The minimum Gasteiger partial charge on any atom is -0.508 e. The summed E-state index contributed by atoms with van der Waals surface area (Å²) in [7, 11) is 0. The number of nitrogens with zero attached hydrogens (tertiary/aromatic N) is 1. The van der Waals surface area contributed by atoms with Gasteiger partial charge < -0.3 is 10.0 Å². The number of Topliss-reactive ketones (excluding diaryl/α,β-unsaturated/α-hetero) is 1. The molecule has 0 amide bonds. The number of ketones is 1. The molecule has 5 heteroatoms. The Labute approximate surface area is 136 Å². The fourth-order valence-corrected chi connectivity index (χ4v) is 3.61. The van der Waals surface area contributed by atoms with E-state index in [1.807, 2.05) is 12.1 Å². The SMILES string of the molecule is CCN(CC)C(=S)SCC(Cc1ccccc1O)C(C)=O. The summed E-state index contributed by atoms with van der Waals surface area (Å²) < 4.78 is 0.837. The number of phenolic OH excluding ortho intramolecular Hbond substituents is 1. The smallest absolute Gasteiger partial charge is 0.136 e. The second-order valence-electron chi connectivity index (χ2n) is 4.89. The fraction of sp³-hybridized carbons (Fsp3) is 0.500. The van der Waals surface area contributed by atoms with Crippen LogP contribution in [-0.2, 0) is 11.2 Å². The third-order valence-corrected chi connectivity index (χ3v) is 5.15. The molecule has 0 bridgehead atoms. The first-order chi connectivity index (χ1) is 9.99. The second-order valence-corrected chi connectivity index (χ2v) is 6.54. The van der Waals surface area contributed by atoms with E-state index in [0.717, 1.165) is 23.0 Å². The van der Waals surface area contributed by atoms with Crippen molar-refractivity contribution in [3.8, 4) is 5.75 Å². The number of benzene rings is 1. The van der Waals surface area contributed by atoms with Crippen LogP contribution in [0.5, 0.6) is 5.75 Å². The van der Waals surface area contributed by atoms with Crippen LogP contribution in [-0.4, -0.2) is 39.0 Å². The van der Waals surface area contributed by atoms with Crippen LogP contribution >= 0.6 is 24.0 Å². The van der Waals surface area contributed by atoms with E-state index >= 15 is 0 Å². The minimum absolute atomic E-state index is 0.128. The number of phenols is 1. The van der Waals surface area contributed by atoms with E-state index in [9.17, 15) is 9.90 Å². The lowest BCUT2D eigenvalue weighted by Crippen LogP contribution is -2.28. The molecule has 0 saturated carbocycles. The van der Waals surface area contributed by atoms with Crippen LogP contribution in [0.15, 0.2) is 24.3 Å². The van der Waals surface area contributed by atoms with Gasteiger partial charge in [-0.2, -0.15) is 0 Å². The molecule has 0 heterocycles. The van der Waals surface area contributed by atoms with Gasteiger partial charge in [-0.05, 0) is 38.8 Å². The van der Waals surface area contributed by atoms with Gasteiger partial charge in [-0.1, -0.05) is 42.2 Å². The van der Waals surface area contributed by atoms with Crippen LogP contribution in [0.2, 0.25) is 0 Å². The van der Waals surface area contributed by atoms with Gasteiger partial charge in [-0.25, -0.2) is 0 Å². The molecule has 1 N–H and O–H groups in total. The first kappa shape index (κ1) is 18.0. The molecule has 0 aliphatic rings. The highest BCUT2D eigenvalue weighted by molar-refractivity contribution is 8.22. The van der Waals surface area contributed by atoms with Crippen LogP contribution in [0.4, 0.5) is 0 Å². The molecule has 3 nitrogen and oxygen atoms in total. The number of carbonyl (C=O) groups is 1. The molecule has 0 saturated heterocycles. The lowest BCUT2D eigenvalue weighted by molar-refractivity contribution is -0.120. The van der Waals surface area contributed by atoms with Crippen LogP contribution in [0.1, 0.15) is 26.3 Å². The Bertz CT molecular complexity index is 487. The summed E-state index contributed by atoms with van der Waals surface area (Å²) in [5.41, 5.74) is 0.812. The molecule has 1 atom stereocenters.